The van der Waals surface area contributed by atoms with Crippen molar-refractivity contribution in [1.29, 1.82) is 0 Å². The Labute approximate surface area is 145 Å². The summed E-state index contributed by atoms with van der Waals surface area (Å²) < 4.78 is 7.70. The van der Waals surface area contributed by atoms with Crippen LogP contribution in [0, 0.1) is 6.92 Å². The van der Waals surface area contributed by atoms with Crippen molar-refractivity contribution >= 4 is 22.8 Å². The zero-order valence-corrected chi connectivity index (χ0v) is 14.7. The third-order valence-electron chi connectivity index (χ3n) is 3.98. The maximum atomic E-state index is 6.06. The summed E-state index contributed by atoms with van der Waals surface area (Å²) in [5.41, 5.74) is 3.41. The number of hydrogen-bond acceptors (Lipinski definition) is 5. The Morgan fingerprint density at radius 3 is 2.83 bits per heavy atom. The average molecular weight is 346 g/mol. The minimum Gasteiger partial charge on any atom is -0.378 e. The Hall–Kier alpha value is -2.02. The molecular weight excluding hydrogens is 326 g/mol. The number of ether oxygens (including phenoxy) is 1. The normalized spacial score (nSPS) is 12.7. The van der Waals surface area contributed by atoms with Crippen LogP contribution < -0.4 is 5.32 Å². The zero-order valence-electron chi connectivity index (χ0n) is 14.0. The van der Waals surface area contributed by atoms with Gasteiger partial charge < -0.3 is 14.6 Å². The van der Waals surface area contributed by atoms with Gasteiger partial charge >= 0.3 is 0 Å². The van der Waals surface area contributed by atoms with Crippen LogP contribution >= 0.6 is 11.6 Å². The van der Waals surface area contributed by atoms with Gasteiger partial charge in [0.25, 0.3) is 0 Å². The second-order valence-corrected chi connectivity index (χ2v) is 5.95. The molecule has 0 aliphatic carbocycles. The molecule has 0 saturated carbocycles. The predicted octanol–water partition coefficient (Wildman–Crippen LogP) is 2.69. The first-order valence-corrected chi connectivity index (χ1v) is 8.14. The van der Waals surface area contributed by atoms with Gasteiger partial charge in [0.2, 0.25) is 0 Å². The second kappa shape index (κ2) is 7.25. The molecule has 0 spiro atoms. The van der Waals surface area contributed by atoms with E-state index < -0.39 is 0 Å². The average Bonchev–Trinajstić information content (AvgIpc) is 2.90. The molecule has 1 N–H and O–H groups in total. The summed E-state index contributed by atoms with van der Waals surface area (Å²) >= 11 is 6.06. The molecule has 0 unspecified atom stereocenters. The van der Waals surface area contributed by atoms with Gasteiger partial charge in [0.15, 0.2) is 5.65 Å². The lowest BCUT2D eigenvalue weighted by Crippen LogP contribution is -2.30. The Morgan fingerprint density at radius 2 is 2.12 bits per heavy atom. The molecule has 3 heterocycles. The highest BCUT2D eigenvalue weighted by atomic mass is 35.5. The SMILES string of the molecule is CNC[C@@H](Cn1c(C)nc2nccc(-c3cccc(Cl)n3)c21)OC. The highest BCUT2D eigenvalue weighted by molar-refractivity contribution is 6.29. The van der Waals surface area contributed by atoms with Crippen LogP contribution in [0.25, 0.3) is 22.4 Å². The molecule has 3 rings (SSSR count). The van der Waals surface area contributed by atoms with Crippen LogP contribution in [-0.4, -0.2) is 46.3 Å². The molecule has 6 nitrogen and oxygen atoms in total. The van der Waals surface area contributed by atoms with Crippen molar-refractivity contribution in [2.75, 3.05) is 20.7 Å². The predicted molar refractivity (Wildman–Crippen MR) is 95.2 cm³/mol. The van der Waals surface area contributed by atoms with Crippen LogP contribution in [0.2, 0.25) is 5.15 Å². The minimum atomic E-state index is 0.0338. The molecule has 1 atom stereocenters. The van der Waals surface area contributed by atoms with Crippen LogP contribution in [0.4, 0.5) is 0 Å². The molecule has 0 fully saturated rings. The number of imidazole rings is 1. The van der Waals surface area contributed by atoms with E-state index in [1.54, 1.807) is 19.4 Å². The molecule has 0 saturated heterocycles. The lowest BCUT2D eigenvalue weighted by atomic mass is 10.1. The Kier molecular flexibility index (Phi) is 5.08. The molecule has 7 heteroatoms. The first kappa shape index (κ1) is 16.8. The molecule has 0 amide bonds. The molecule has 3 aromatic rings. The van der Waals surface area contributed by atoms with Gasteiger partial charge in [0.05, 0.1) is 23.9 Å². The van der Waals surface area contributed by atoms with Crippen molar-refractivity contribution in [1.82, 2.24) is 24.8 Å². The quantitative estimate of drug-likeness (QED) is 0.696. The summed E-state index contributed by atoms with van der Waals surface area (Å²) in [6, 6.07) is 7.54. The highest BCUT2D eigenvalue weighted by Gasteiger charge is 2.17. The van der Waals surface area contributed by atoms with E-state index in [1.807, 2.05) is 32.2 Å². The maximum absolute atomic E-state index is 6.06. The topological polar surface area (TPSA) is 64.9 Å². The summed E-state index contributed by atoms with van der Waals surface area (Å²) in [5.74, 6) is 0.894. The number of nitrogens with one attached hydrogen (secondary N) is 1. The van der Waals surface area contributed by atoms with E-state index in [1.165, 1.54) is 0 Å². The summed E-state index contributed by atoms with van der Waals surface area (Å²) in [6.45, 7) is 3.41. The van der Waals surface area contributed by atoms with E-state index in [0.29, 0.717) is 17.3 Å². The number of aryl methyl sites for hydroxylation is 1. The number of likely N-dealkylation sites (N-methyl/N-ethyl adjacent to an activating group) is 1. The van der Waals surface area contributed by atoms with E-state index in [0.717, 1.165) is 29.1 Å². The van der Waals surface area contributed by atoms with E-state index in [-0.39, 0.29) is 6.10 Å². The molecule has 0 aromatic carbocycles. The van der Waals surface area contributed by atoms with Gasteiger partial charge in [-0.15, -0.1) is 0 Å². The van der Waals surface area contributed by atoms with Gasteiger partial charge in [-0.1, -0.05) is 17.7 Å². The fraction of sp³-hybridized carbons (Fsp3) is 0.353. The number of rotatable bonds is 6. The van der Waals surface area contributed by atoms with Crippen molar-refractivity contribution in [3.05, 3.63) is 41.4 Å². The smallest absolute Gasteiger partial charge is 0.178 e. The first-order chi connectivity index (χ1) is 11.6. The van der Waals surface area contributed by atoms with Crippen LogP contribution in [0.15, 0.2) is 30.5 Å². The monoisotopic (exact) mass is 345 g/mol. The second-order valence-electron chi connectivity index (χ2n) is 5.56. The van der Waals surface area contributed by atoms with Crippen LogP contribution in [0.5, 0.6) is 0 Å². The summed E-state index contributed by atoms with van der Waals surface area (Å²) in [5, 5.41) is 3.61. The largest absolute Gasteiger partial charge is 0.378 e. The number of methoxy groups -OCH3 is 1. The van der Waals surface area contributed by atoms with Gasteiger partial charge in [0.1, 0.15) is 11.0 Å². The standard InChI is InChI=1S/C17H20ClN5O/c1-11-21-17-16(23(11)10-12(24-3)9-19-2)13(7-8-20-17)14-5-4-6-15(18)22-14/h4-8,12,19H,9-10H2,1-3H3/t12-/m0/s1. The number of fused-ring (bicyclic) bond motifs is 1. The zero-order chi connectivity index (χ0) is 17.1. The van der Waals surface area contributed by atoms with Crippen molar-refractivity contribution in [3.63, 3.8) is 0 Å². The van der Waals surface area contributed by atoms with E-state index >= 15 is 0 Å². The molecular formula is C17H20ClN5O. The summed E-state index contributed by atoms with van der Waals surface area (Å²) in [4.78, 5) is 13.4. The fourth-order valence-corrected chi connectivity index (χ4v) is 2.97. The number of pyridine rings is 2. The molecule has 0 aliphatic rings. The molecule has 0 bridgehead atoms. The van der Waals surface area contributed by atoms with E-state index in [4.69, 9.17) is 16.3 Å². The van der Waals surface area contributed by atoms with E-state index in [2.05, 4.69) is 24.8 Å². The third kappa shape index (κ3) is 3.26. The summed E-state index contributed by atoms with van der Waals surface area (Å²) in [7, 11) is 3.63. The minimum absolute atomic E-state index is 0.0338. The maximum Gasteiger partial charge on any atom is 0.178 e. The van der Waals surface area contributed by atoms with Crippen LogP contribution in [-0.2, 0) is 11.3 Å². The van der Waals surface area contributed by atoms with Gasteiger partial charge in [0, 0.05) is 25.4 Å². The Balaban J connectivity index is 2.14. The lowest BCUT2D eigenvalue weighted by Gasteiger charge is -2.18. The van der Waals surface area contributed by atoms with Crippen molar-refractivity contribution in [2.24, 2.45) is 0 Å². The van der Waals surface area contributed by atoms with Crippen molar-refractivity contribution in [3.8, 4) is 11.3 Å². The van der Waals surface area contributed by atoms with Crippen molar-refractivity contribution in [2.45, 2.75) is 19.6 Å². The first-order valence-electron chi connectivity index (χ1n) is 7.76. The van der Waals surface area contributed by atoms with Crippen LogP contribution in [0.3, 0.4) is 0 Å². The van der Waals surface area contributed by atoms with E-state index in [9.17, 15) is 0 Å². The van der Waals surface area contributed by atoms with Gasteiger partial charge in [-0.25, -0.2) is 15.0 Å². The van der Waals surface area contributed by atoms with Crippen LogP contribution in [0.1, 0.15) is 5.82 Å². The number of nitrogens with zero attached hydrogens (tertiary/aromatic N) is 4. The van der Waals surface area contributed by atoms with Gasteiger partial charge in [-0.2, -0.15) is 0 Å². The molecule has 0 aliphatic heterocycles. The molecule has 0 radical (unpaired) electrons. The third-order valence-corrected chi connectivity index (χ3v) is 4.19. The molecule has 126 valence electrons. The van der Waals surface area contributed by atoms with Gasteiger partial charge in [-0.3, -0.25) is 0 Å². The number of hydrogen-bond donors (Lipinski definition) is 1. The Bertz CT molecular complexity index is 848. The number of aromatic nitrogens is 4. The fourth-order valence-electron chi connectivity index (χ4n) is 2.81. The van der Waals surface area contributed by atoms with Crippen molar-refractivity contribution < 1.29 is 4.74 Å². The lowest BCUT2D eigenvalue weighted by molar-refractivity contribution is 0.0892. The van der Waals surface area contributed by atoms with Gasteiger partial charge in [-0.05, 0) is 32.2 Å². The number of halogens is 1. The molecule has 24 heavy (non-hydrogen) atoms. The molecule has 3 aromatic heterocycles. The Morgan fingerprint density at radius 1 is 1.29 bits per heavy atom. The highest BCUT2D eigenvalue weighted by Crippen LogP contribution is 2.28. The summed E-state index contributed by atoms with van der Waals surface area (Å²) in [6.07, 6.45) is 1.78.